The molecule has 0 spiro atoms. The zero-order chi connectivity index (χ0) is 25.9. The highest BCUT2D eigenvalue weighted by Crippen LogP contribution is 2.32. The number of hydrogen-bond donors (Lipinski definition) is 2. The Balaban J connectivity index is 0.0000122. The molecule has 0 bridgehead atoms. The summed E-state index contributed by atoms with van der Waals surface area (Å²) in [5.41, 5.74) is 5.34. The molecule has 0 fully saturated rings. The van der Waals surface area contributed by atoms with E-state index in [4.69, 9.17) is 12.6 Å². The monoisotopic (exact) mass is 521 g/mol. The predicted molar refractivity (Wildman–Crippen MR) is 161 cm³/mol. The van der Waals surface area contributed by atoms with Crippen LogP contribution in [0.3, 0.4) is 0 Å². The molecule has 1 aromatic rings. The lowest BCUT2D eigenvalue weighted by Gasteiger charge is -2.27. The highest BCUT2D eigenvalue weighted by atomic mass is 32.1. The topological polar surface area (TPSA) is 73.8 Å². The summed E-state index contributed by atoms with van der Waals surface area (Å²) >= 11 is 5.78. The molecule has 1 aromatic carbocycles. The number of carbonyl (C=O) groups is 1. The molecule has 4 heteroatoms. The molecule has 0 radical (unpaired) electrons. The molecule has 0 amide bonds. The van der Waals surface area contributed by atoms with Crippen LogP contribution in [0.2, 0.25) is 0 Å². The normalized spacial score (nSPS) is 11.0. The maximum Gasteiger partial charge on any atom is 0.334 e. The number of aromatic carboxylic acids is 1. The second-order valence-electron chi connectivity index (χ2n) is 10.6. The Morgan fingerprint density at radius 3 is 1.31 bits per heavy atom. The van der Waals surface area contributed by atoms with Gasteiger partial charge in [-0.3, -0.25) is 0 Å². The summed E-state index contributed by atoms with van der Waals surface area (Å²) in [6.07, 6.45) is 25.6. The van der Waals surface area contributed by atoms with Gasteiger partial charge in [0.1, 0.15) is 0 Å². The van der Waals surface area contributed by atoms with Crippen molar-refractivity contribution in [1.82, 2.24) is 6.15 Å². The Morgan fingerprint density at radius 1 is 0.583 bits per heavy atom. The smallest absolute Gasteiger partial charge is 0.334 e. The van der Waals surface area contributed by atoms with Crippen molar-refractivity contribution >= 4 is 18.6 Å². The van der Waals surface area contributed by atoms with Crippen LogP contribution in [-0.4, -0.2) is 11.1 Å². The van der Waals surface area contributed by atoms with Crippen LogP contribution in [0, 0.1) is 6.92 Å². The van der Waals surface area contributed by atoms with Gasteiger partial charge in [-0.1, -0.05) is 123 Å². The number of rotatable bonds is 22. The number of quaternary nitrogens is 1. The zero-order valence-corrected chi connectivity index (χ0v) is 25.4. The van der Waals surface area contributed by atoms with E-state index in [1.165, 1.54) is 114 Å². The van der Waals surface area contributed by atoms with Gasteiger partial charge in [-0.2, -0.15) is 4.90 Å². The first-order chi connectivity index (χ1) is 17.0. The number of hydrogen-bond acceptors (Lipinski definition) is 2. The second kappa shape index (κ2) is 21.9. The van der Waals surface area contributed by atoms with Crippen molar-refractivity contribution in [2.45, 2.75) is 167 Å². The van der Waals surface area contributed by atoms with E-state index in [1.54, 1.807) is 0 Å². The largest absolute Gasteiger partial charge is 0.779 e. The minimum absolute atomic E-state index is 0. The first kappa shape index (κ1) is 34.9. The highest BCUT2D eigenvalue weighted by Gasteiger charge is 2.20. The van der Waals surface area contributed by atoms with E-state index in [0.29, 0.717) is 10.5 Å². The van der Waals surface area contributed by atoms with Crippen molar-refractivity contribution < 1.29 is 9.90 Å². The van der Waals surface area contributed by atoms with E-state index < -0.39 is 5.97 Å². The van der Waals surface area contributed by atoms with Crippen LogP contribution in [0.5, 0.6) is 0 Å². The van der Waals surface area contributed by atoms with Gasteiger partial charge in [0.2, 0.25) is 0 Å². The van der Waals surface area contributed by atoms with E-state index in [9.17, 15) is 9.90 Å². The lowest BCUT2D eigenvalue weighted by molar-refractivity contribution is 0.0691. The van der Waals surface area contributed by atoms with Gasteiger partial charge in [-0.15, -0.1) is 0 Å². The van der Waals surface area contributed by atoms with Crippen LogP contribution in [0.25, 0.3) is 0 Å². The van der Waals surface area contributed by atoms with E-state index in [0.717, 1.165) is 43.2 Å². The predicted octanol–water partition coefficient (Wildman–Crippen LogP) is 10.7. The summed E-state index contributed by atoms with van der Waals surface area (Å²) in [6, 6.07) is 0. The molecule has 0 aromatic heterocycles. The molecular weight excluding hydrogens is 462 g/mol. The van der Waals surface area contributed by atoms with Gasteiger partial charge < -0.3 is 23.9 Å². The molecule has 36 heavy (non-hydrogen) atoms. The maximum atomic E-state index is 12.4. The molecule has 3 nitrogen and oxygen atoms in total. The third kappa shape index (κ3) is 12.9. The number of carboxylic acids is 1. The third-order valence-corrected chi connectivity index (χ3v) is 8.12. The SMILES string of the molecule is CCCCCCCCc1c(C)c([S-])c(C(=O)O)c(CCCCCCCC)c1CCCCCCCC.[NH4+]. The van der Waals surface area contributed by atoms with Crippen molar-refractivity contribution in [3.63, 3.8) is 0 Å². The third-order valence-electron chi connectivity index (χ3n) is 7.61. The van der Waals surface area contributed by atoms with Gasteiger partial charge in [0.05, 0.1) is 0 Å². The van der Waals surface area contributed by atoms with Crippen LogP contribution < -0.4 is 6.15 Å². The first-order valence-electron chi connectivity index (χ1n) is 15.1. The van der Waals surface area contributed by atoms with Crippen molar-refractivity contribution in [3.05, 3.63) is 27.8 Å². The van der Waals surface area contributed by atoms with Gasteiger partial charge in [0.15, 0.2) is 0 Å². The molecule has 0 saturated heterocycles. The number of unbranched alkanes of at least 4 members (excludes halogenated alkanes) is 15. The van der Waals surface area contributed by atoms with Gasteiger partial charge in [0.25, 0.3) is 0 Å². The quantitative estimate of drug-likeness (QED) is 0.118. The first-order valence-corrected chi connectivity index (χ1v) is 15.5. The van der Waals surface area contributed by atoms with Crippen LogP contribution >= 0.6 is 0 Å². The Hall–Kier alpha value is -1.13. The van der Waals surface area contributed by atoms with E-state index in [-0.39, 0.29) is 6.15 Å². The van der Waals surface area contributed by atoms with Crippen LogP contribution in [0.15, 0.2) is 4.90 Å². The van der Waals surface area contributed by atoms with Gasteiger partial charge in [-0.05, 0) is 62.1 Å². The summed E-state index contributed by atoms with van der Waals surface area (Å²) in [5.74, 6) is -0.825. The molecule has 0 aliphatic carbocycles. The standard InChI is InChI=1S/C32H56O2S.H3N/c1-5-8-11-14-17-20-23-27-26(4)31(35)30(32(33)34)29(25-22-19-16-13-10-7-3)28(27)24-21-18-15-12-9-6-2;/h35H,5-25H2,1-4H3,(H,33,34);1H3. The fourth-order valence-corrected chi connectivity index (χ4v) is 5.74. The molecule has 0 aliphatic rings. The molecule has 1 rings (SSSR count). The minimum atomic E-state index is -0.825. The minimum Gasteiger partial charge on any atom is -0.779 e. The Bertz CT molecular complexity index is 717. The van der Waals surface area contributed by atoms with Crippen molar-refractivity contribution in [2.75, 3.05) is 0 Å². The molecule has 210 valence electrons. The van der Waals surface area contributed by atoms with Gasteiger partial charge >= 0.3 is 5.97 Å². The lowest BCUT2D eigenvalue weighted by atomic mass is 9.84. The molecule has 0 heterocycles. The van der Waals surface area contributed by atoms with Gasteiger partial charge in [0, 0.05) is 5.56 Å². The van der Waals surface area contributed by atoms with Crippen LogP contribution in [0.4, 0.5) is 0 Å². The second-order valence-corrected chi connectivity index (χ2v) is 11.0. The van der Waals surface area contributed by atoms with E-state index in [2.05, 4.69) is 27.7 Å². The average Bonchev–Trinajstić information content (AvgIpc) is 2.84. The molecule has 0 saturated carbocycles. The van der Waals surface area contributed by atoms with Crippen LogP contribution in [-0.2, 0) is 31.9 Å². The maximum absolute atomic E-state index is 12.4. The summed E-state index contributed by atoms with van der Waals surface area (Å²) in [7, 11) is 0. The average molecular weight is 522 g/mol. The van der Waals surface area contributed by atoms with E-state index in [1.807, 2.05) is 0 Å². The highest BCUT2D eigenvalue weighted by molar-refractivity contribution is 7.59. The van der Waals surface area contributed by atoms with Crippen molar-refractivity contribution in [2.24, 2.45) is 0 Å². The summed E-state index contributed by atoms with van der Waals surface area (Å²) in [5, 5.41) is 10.2. The van der Waals surface area contributed by atoms with E-state index >= 15 is 0 Å². The Morgan fingerprint density at radius 2 is 0.917 bits per heavy atom. The molecular formula is C32H59NO2S. The molecule has 0 unspecified atom stereocenters. The molecule has 0 atom stereocenters. The van der Waals surface area contributed by atoms with Crippen molar-refractivity contribution in [1.29, 1.82) is 0 Å². The van der Waals surface area contributed by atoms with Crippen molar-refractivity contribution in [3.8, 4) is 0 Å². The molecule has 5 N–H and O–H groups in total. The number of carboxylic acid groups (broad SMARTS) is 1. The number of benzene rings is 1. The fourth-order valence-electron chi connectivity index (χ4n) is 5.41. The Kier molecular flexibility index (Phi) is 21.2. The van der Waals surface area contributed by atoms with Crippen LogP contribution in [0.1, 0.15) is 169 Å². The van der Waals surface area contributed by atoms with Gasteiger partial charge in [-0.25, -0.2) is 4.79 Å². The lowest BCUT2D eigenvalue weighted by Crippen LogP contribution is -2.14. The molecule has 0 aliphatic heterocycles. The summed E-state index contributed by atoms with van der Waals surface area (Å²) in [6.45, 7) is 8.85. The zero-order valence-electron chi connectivity index (χ0n) is 24.6. The fraction of sp³-hybridized carbons (Fsp3) is 0.781. The summed E-state index contributed by atoms with van der Waals surface area (Å²) < 4.78 is 0. The summed E-state index contributed by atoms with van der Waals surface area (Å²) in [4.78, 5) is 13.0. The Labute approximate surface area is 229 Å².